The lowest BCUT2D eigenvalue weighted by Crippen LogP contribution is -2.30. The smallest absolute Gasteiger partial charge is 0.296 e. The topological polar surface area (TPSA) is 70.5 Å². The summed E-state index contributed by atoms with van der Waals surface area (Å²) in [5.74, 6) is -2.17. The van der Waals surface area contributed by atoms with Crippen LogP contribution in [0.25, 0.3) is 10.2 Å². The van der Waals surface area contributed by atoms with Gasteiger partial charge in [-0.1, -0.05) is 42.5 Å². The summed E-state index contributed by atoms with van der Waals surface area (Å²) < 4.78 is 14.5. The molecule has 2 aromatic carbocycles. The number of aliphatic hydroxyl groups excluding tert-OH is 1. The van der Waals surface area contributed by atoms with Gasteiger partial charge in [0.05, 0.1) is 26.7 Å². The number of aryl methyl sites for hydroxylation is 1. The molecule has 1 aliphatic heterocycles. The number of anilines is 1. The number of Topliss-reactive ketones (excluding diaryl/α,β-unsaturated/α-hetero) is 1. The first-order chi connectivity index (χ1) is 15.5. The van der Waals surface area contributed by atoms with Gasteiger partial charge < -0.3 is 5.11 Å². The molecule has 160 valence electrons. The van der Waals surface area contributed by atoms with Crippen molar-refractivity contribution in [2.45, 2.75) is 19.4 Å². The number of amides is 1. The van der Waals surface area contributed by atoms with Crippen molar-refractivity contribution in [1.82, 2.24) is 4.98 Å². The molecule has 1 amide bonds. The molecular weight excluding hydrogens is 447 g/mol. The van der Waals surface area contributed by atoms with Gasteiger partial charge >= 0.3 is 0 Å². The lowest BCUT2D eigenvalue weighted by molar-refractivity contribution is -0.117. The van der Waals surface area contributed by atoms with Gasteiger partial charge in [-0.25, -0.2) is 9.37 Å². The Kier molecular flexibility index (Phi) is 5.11. The number of rotatable bonds is 5. The van der Waals surface area contributed by atoms with E-state index in [0.29, 0.717) is 15.6 Å². The van der Waals surface area contributed by atoms with E-state index in [2.05, 4.69) is 11.9 Å². The van der Waals surface area contributed by atoms with Crippen LogP contribution in [0.2, 0.25) is 0 Å². The van der Waals surface area contributed by atoms with Crippen LogP contribution in [0.3, 0.4) is 0 Å². The number of hydrogen-bond donors (Lipinski definition) is 1. The standard InChI is InChI=1S/C24H17FN2O3S2/c1-2-13-5-10-16-18(12-13)32-24(26-16)27-20(14-6-8-15(25)9-7-14)19(22(29)23(27)30)21(28)17-4-3-11-31-17/h3-12,20,29H,2H2,1H3/t20-/m1/s1. The molecule has 1 aliphatic rings. The van der Waals surface area contributed by atoms with Crippen molar-refractivity contribution < 1.29 is 19.1 Å². The molecule has 32 heavy (non-hydrogen) atoms. The predicted molar refractivity (Wildman–Crippen MR) is 124 cm³/mol. The number of carbonyl (C=O) groups is 2. The molecule has 0 bridgehead atoms. The molecule has 0 radical (unpaired) electrons. The van der Waals surface area contributed by atoms with Gasteiger partial charge in [-0.2, -0.15) is 0 Å². The molecular formula is C24H17FN2O3S2. The van der Waals surface area contributed by atoms with Crippen LogP contribution in [0.5, 0.6) is 0 Å². The fourth-order valence-electron chi connectivity index (χ4n) is 3.82. The molecule has 4 aromatic rings. The van der Waals surface area contributed by atoms with Crippen molar-refractivity contribution in [2.24, 2.45) is 0 Å². The number of benzene rings is 2. The number of carbonyl (C=O) groups excluding carboxylic acids is 2. The molecule has 5 nitrogen and oxygen atoms in total. The van der Waals surface area contributed by atoms with Gasteiger partial charge in [-0.3, -0.25) is 14.5 Å². The number of fused-ring (bicyclic) bond motifs is 1. The molecule has 1 N–H and O–H groups in total. The number of thiophene rings is 1. The zero-order valence-corrected chi connectivity index (χ0v) is 18.5. The Hall–Kier alpha value is -3.36. The van der Waals surface area contributed by atoms with Crippen molar-refractivity contribution in [3.8, 4) is 0 Å². The second kappa shape index (κ2) is 7.96. The number of aliphatic hydroxyl groups is 1. The fraction of sp³-hybridized carbons (Fsp3) is 0.125. The van der Waals surface area contributed by atoms with E-state index >= 15 is 0 Å². The lowest BCUT2D eigenvalue weighted by atomic mass is 9.95. The van der Waals surface area contributed by atoms with E-state index < -0.39 is 29.3 Å². The van der Waals surface area contributed by atoms with E-state index in [4.69, 9.17) is 0 Å². The Balaban J connectivity index is 1.67. The molecule has 3 heterocycles. The average Bonchev–Trinajstić information content (AvgIpc) is 3.52. The third-order valence-electron chi connectivity index (χ3n) is 5.44. The van der Waals surface area contributed by atoms with Gasteiger partial charge in [-0.05, 0) is 53.3 Å². The van der Waals surface area contributed by atoms with Crippen LogP contribution in [-0.4, -0.2) is 21.8 Å². The normalized spacial score (nSPS) is 16.4. The Morgan fingerprint density at radius 1 is 1.19 bits per heavy atom. The number of halogens is 1. The molecule has 0 aliphatic carbocycles. The minimum atomic E-state index is -0.913. The Bertz CT molecular complexity index is 1370. The number of thiazole rings is 1. The molecule has 1 atom stereocenters. The number of ketones is 1. The van der Waals surface area contributed by atoms with Crippen LogP contribution >= 0.6 is 22.7 Å². The summed E-state index contributed by atoms with van der Waals surface area (Å²) >= 11 is 2.54. The van der Waals surface area contributed by atoms with Gasteiger partial charge in [-0.15, -0.1) is 11.3 Å². The lowest BCUT2D eigenvalue weighted by Gasteiger charge is -2.24. The van der Waals surface area contributed by atoms with Crippen molar-refractivity contribution in [1.29, 1.82) is 0 Å². The zero-order valence-electron chi connectivity index (χ0n) is 16.9. The third-order valence-corrected chi connectivity index (χ3v) is 7.33. The maximum atomic E-state index is 13.6. The highest BCUT2D eigenvalue weighted by Gasteiger charge is 2.46. The first-order valence-electron chi connectivity index (χ1n) is 9.97. The molecule has 0 fully saturated rings. The minimum absolute atomic E-state index is 0.0300. The second-order valence-corrected chi connectivity index (χ2v) is 9.31. The molecule has 0 saturated carbocycles. The predicted octanol–water partition coefficient (Wildman–Crippen LogP) is 5.84. The Morgan fingerprint density at radius 2 is 1.97 bits per heavy atom. The molecule has 5 rings (SSSR count). The molecule has 0 unspecified atom stereocenters. The zero-order chi connectivity index (χ0) is 22.4. The van der Waals surface area contributed by atoms with E-state index in [1.165, 1.54) is 51.8 Å². The van der Waals surface area contributed by atoms with Crippen molar-refractivity contribution >= 4 is 49.7 Å². The van der Waals surface area contributed by atoms with E-state index in [1.807, 2.05) is 18.2 Å². The van der Waals surface area contributed by atoms with Crippen molar-refractivity contribution in [3.05, 3.63) is 93.1 Å². The highest BCUT2D eigenvalue weighted by molar-refractivity contribution is 7.22. The van der Waals surface area contributed by atoms with Crippen LogP contribution in [0, 0.1) is 5.82 Å². The van der Waals surface area contributed by atoms with E-state index in [-0.39, 0.29) is 5.57 Å². The van der Waals surface area contributed by atoms with Gasteiger partial charge in [0, 0.05) is 0 Å². The second-order valence-electron chi connectivity index (χ2n) is 7.35. The van der Waals surface area contributed by atoms with Gasteiger partial charge in [0.25, 0.3) is 5.91 Å². The van der Waals surface area contributed by atoms with Crippen LogP contribution < -0.4 is 4.90 Å². The molecule has 2 aromatic heterocycles. The summed E-state index contributed by atoms with van der Waals surface area (Å²) in [5, 5.41) is 12.9. The Labute approximate surface area is 191 Å². The largest absolute Gasteiger partial charge is 0.503 e. The van der Waals surface area contributed by atoms with Crippen LogP contribution in [0.4, 0.5) is 9.52 Å². The number of nitrogens with zero attached hydrogens (tertiary/aromatic N) is 2. The molecule has 0 saturated heterocycles. The fourth-order valence-corrected chi connectivity index (χ4v) is 5.55. The highest BCUT2D eigenvalue weighted by atomic mass is 32.1. The summed E-state index contributed by atoms with van der Waals surface area (Å²) in [4.78, 5) is 32.8. The number of hydrogen-bond acceptors (Lipinski definition) is 6. The van der Waals surface area contributed by atoms with Crippen LogP contribution in [-0.2, 0) is 11.2 Å². The van der Waals surface area contributed by atoms with Crippen LogP contribution in [0.1, 0.15) is 33.8 Å². The maximum Gasteiger partial charge on any atom is 0.296 e. The quantitative estimate of drug-likeness (QED) is 0.377. The summed E-state index contributed by atoms with van der Waals surface area (Å²) in [5.41, 5.74) is 2.35. The number of aromatic nitrogens is 1. The van der Waals surface area contributed by atoms with E-state index in [0.717, 1.165) is 22.2 Å². The molecule has 0 spiro atoms. The summed E-state index contributed by atoms with van der Waals surface area (Å²) in [7, 11) is 0. The monoisotopic (exact) mass is 464 g/mol. The summed E-state index contributed by atoms with van der Waals surface area (Å²) in [6.07, 6.45) is 0.867. The van der Waals surface area contributed by atoms with Gasteiger partial charge in [0.15, 0.2) is 10.9 Å². The SMILES string of the molecule is CCc1ccc2nc(N3C(=O)C(O)=C(C(=O)c4cccs4)[C@H]3c3ccc(F)cc3)sc2c1. The Morgan fingerprint density at radius 3 is 2.66 bits per heavy atom. The minimum Gasteiger partial charge on any atom is -0.503 e. The maximum absolute atomic E-state index is 13.6. The van der Waals surface area contributed by atoms with Crippen LogP contribution in [0.15, 0.2) is 71.3 Å². The third kappa shape index (κ3) is 3.32. The highest BCUT2D eigenvalue weighted by Crippen LogP contribution is 2.44. The van der Waals surface area contributed by atoms with E-state index in [1.54, 1.807) is 17.5 Å². The van der Waals surface area contributed by atoms with Crippen molar-refractivity contribution in [3.63, 3.8) is 0 Å². The first-order valence-corrected chi connectivity index (χ1v) is 11.7. The summed E-state index contributed by atoms with van der Waals surface area (Å²) in [6, 6.07) is 13.9. The first kappa shape index (κ1) is 20.5. The van der Waals surface area contributed by atoms with Gasteiger partial charge in [0.2, 0.25) is 5.78 Å². The van der Waals surface area contributed by atoms with E-state index in [9.17, 15) is 19.1 Å². The summed E-state index contributed by atoms with van der Waals surface area (Å²) in [6.45, 7) is 2.06. The average molecular weight is 465 g/mol. The molecule has 8 heteroatoms. The van der Waals surface area contributed by atoms with Gasteiger partial charge in [0.1, 0.15) is 5.82 Å². The van der Waals surface area contributed by atoms with Crippen molar-refractivity contribution in [2.75, 3.05) is 4.90 Å².